The van der Waals surface area contributed by atoms with Crippen molar-refractivity contribution in [3.8, 4) is 5.75 Å². The normalized spacial score (nSPS) is 10.6. The fourth-order valence-electron chi connectivity index (χ4n) is 2.64. The number of rotatable bonds is 2. The number of hydrogen-bond acceptors (Lipinski definition) is 2. The van der Waals surface area contributed by atoms with Gasteiger partial charge < -0.3 is 10.4 Å². The first kappa shape index (κ1) is 14.1. The van der Waals surface area contributed by atoms with Crippen LogP contribution in [0.25, 0.3) is 10.8 Å². The van der Waals surface area contributed by atoms with Crippen LogP contribution >= 0.6 is 0 Å². The number of nitrogens with one attached hydrogen (secondary N) is 1. The molecule has 0 heterocycles. The lowest BCUT2D eigenvalue weighted by Crippen LogP contribution is -2.13. The first-order valence-electron chi connectivity index (χ1n) is 7.15. The number of phenolic OH excluding ortho intramolecular Hbond substituents is 1. The number of fused-ring (bicyclic) bond motifs is 1. The minimum Gasteiger partial charge on any atom is -0.507 e. The topological polar surface area (TPSA) is 49.3 Å². The van der Waals surface area contributed by atoms with Crippen molar-refractivity contribution in [2.75, 3.05) is 5.32 Å². The molecule has 110 valence electrons. The summed E-state index contributed by atoms with van der Waals surface area (Å²) in [7, 11) is 0. The maximum atomic E-state index is 12.6. The lowest BCUT2D eigenvalue weighted by atomic mass is 10.0. The van der Waals surface area contributed by atoms with Gasteiger partial charge in [0.05, 0.1) is 5.56 Å². The number of carbonyl (C=O) groups is 1. The summed E-state index contributed by atoms with van der Waals surface area (Å²) in [4.78, 5) is 12.6. The zero-order chi connectivity index (χ0) is 15.7. The van der Waals surface area contributed by atoms with Crippen LogP contribution in [0.4, 0.5) is 5.69 Å². The third kappa shape index (κ3) is 2.53. The lowest BCUT2D eigenvalue weighted by molar-refractivity contribution is 0.102. The smallest absolute Gasteiger partial charge is 0.260 e. The molecule has 3 rings (SSSR count). The van der Waals surface area contributed by atoms with Crippen LogP contribution in [0, 0.1) is 13.8 Å². The van der Waals surface area contributed by atoms with Crippen molar-refractivity contribution in [3.05, 3.63) is 71.3 Å². The van der Waals surface area contributed by atoms with E-state index in [1.165, 1.54) is 0 Å². The molecule has 2 N–H and O–H groups in total. The van der Waals surface area contributed by atoms with Crippen LogP contribution in [-0.4, -0.2) is 11.0 Å². The molecule has 1 amide bonds. The number of carbonyl (C=O) groups excluding carboxylic acids is 1. The first-order chi connectivity index (χ1) is 10.6. The molecule has 0 radical (unpaired) electrons. The van der Waals surface area contributed by atoms with Gasteiger partial charge in [0.2, 0.25) is 0 Å². The van der Waals surface area contributed by atoms with Gasteiger partial charge in [-0.3, -0.25) is 4.79 Å². The molecule has 0 aromatic heterocycles. The SMILES string of the molecule is Cc1ccc(NC(=O)c2c(O)ccc3ccccc23)c(C)c1. The summed E-state index contributed by atoms with van der Waals surface area (Å²) in [5, 5.41) is 14.7. The molecule has 0 saturated heterocycles. The Hall–Kier alpha value is -2.81. The van der Waals surface area contributed by atoms with E-state index in [9.17, 15) is 9.90 Å². The first-order valence-corrected chi connectivity index (χ1v) is 7.15. The molecule has 3 aromatic rings. The molecule has 0 aliphatic heterocycles. The van der Waals surface area contributed by atoms with Gasteiger partial charge in [0.25, 0.3) is 5.91 Å². The molecule has 0 aliphatic carbocycles. The summed E-state index contributed by atoms with van der Waals surface area (Å²) in [6, 6.07) is 16.7. The molecule has 0 aliphatic rings. The Morgan fingerprint density at radius 1 is 1.00 bits per heavy atom. The highest BCUT2D eigenvalue weighted by atomic mass is 16.3. The summed E-state index contributed by atoms with van der Waals surface area (Å²) >= 11 is 0. The van der Waals surface area contributed by atoms with Crippen LogP contribution < -0.4 is 5.32 Å². The van der Waals surface area contributed by atoms with E-state index in [1.54, 1.807) is 12.1 Å². The van der Waals surface area contributed by atoms with E-state index in [2.05, 4.69) is 5.32 Å². The Bertz CT molecular complexity index is 868. The average Bonchev–Trinajstić information content (AvgIpc) is 2.50. The summed E-state index contributed by atoms with van der Waals surface area (Å²) in [6.45, 7) is 3.96. The fraction of sp³-hybridized carbons (Fsp3) is 0.105. The Morgan fingerprint density at radius 3 is 2.55 bits per heavy atom. The molecule has 0 fully saturated rings. The van der Waals surface area contributed by atoms with Crippen LogP contribution in [0.3, 0.4) is 0 Å². The van der Waals surface area contributed by atoms with Crippen molar-refractivity contribution in [1.82, 2.24) is 0 Å². The van der Waals surface area contributed by atoms with Gasteiger partial charge in [0.15, 0.2) is 0 Å². The van der Waals surface area contributed by atoms with E-state index in [-0.39, 0.29) is 11.7 Å². The van der Waals surface area contributed by atoms with Gasteiger partial charge in [-0.2, -0.15) is 0 Å². The molecular weight excluding hydrogens is 274 g/mol. The molecule has 0 saturated carbocycles. The molecule has 0 bridgehead atoms. The second-order valence-corrected chi connectivity index (χ2v) is 5.45. The monoisotopic (exact) mass is 291 g/mol. The average molecular weight is 291 g/mol. The van der Waals surface area contributed by atoms with Gasteiger partial charge in [-0.25, -0.2) is 0 Å². The molecule has 22 heavy (non-hydrogen) atoms. The quantitative estimate of drug-likeness (QED) is 0.734. The minimum atomic E-state index is -0.304. The Kier molecular flexibility index (Phi) is 3.55. The summed E-state index contributed by atoms with van der Waals surface area (Å²) in [5.41, 5.74) is 3.19. The summed E-state index contributed by atoms with van der Waals surface area (Å²) in [5.74, 6) is -0.317. The highest BCUT2D eigenvalue weighted by molar-refractivity contribution is 6.15. The van der Waals surface area contributed by atoms with Crippen molar-refractivity contribution < 1.29 is 9.90 Å². The third-order valence-corrected chi connectivity index (χ3v) is 3.76. The van der Waals surface area contributed by atoms with E-state index in [4.69, 9.17) is 0 Å². The van der Waals surface area contributed by atoms with Gasteiger partial charge >= 0.3 is 0 Å². The zero-order valence-corrected chi connectivity index (χ0v) is 12.6. The van der Waals surface area contributed by atoms with E-state index in [0.29, 0.717) is 5.56 Å². The lowest BCUT2D eigenvalue weighted by Gasteiger charge is -2.12. The standard InChI is InChI=1S/C19H17NO2/c1-12-7-9-16(13(2)11-12)20-19(22)18-15-6-4-3-5-14(15)8-10-17(18)21/h3-11,21H,1-2H3,(H,20,22). The third-order valence-electron chi connectivity index (χ3n) is 3.76. The van der Waals surface area contributed by atoms with Gasteiger partial charge in [0.1, 0.15) is 5.75 Å². The summed E-state index contributed by atoms with van der Waals surface area (Å²) < 4.78 is 0. The van der Waals surface area contributed by atoms with E-state index in [0.717, 1.165) is 27.6 Å². The van der Waals surface area contributed by atoms with Crippen LogP contribution in [0.5, 0.6) is 5.75 Å². The molecule has 3 nitrogen and oxygen atoms in total. The fourth-order valence-corrected chi connectivity index (χ4v) is 2.64. The number of aromatic hydroxyl groups is 1. The van der Waals surface area contributed by atoms with Crippen molar-refractivity contribution >= 4 is 22.4 Å². The Morgan fingerprint density at radius 2 is 1.77 bits per heavy atom. The Balaban J connectivity index is 2.04. The maximum absolute atomic E-state index is 12.6. The van der Waals surface area contributed by atoms with Crippen LogP contribution in [0.2, 0.25) is 0 Å². The van der Waals surface area contributed by atoms with Gasteiger partial charge in [0, 0.05) is 5.69 Å². The predicted molar refractivity (Wildman–Crippen MR) is 89.5 cm³/mol. The second kappa shape index (κ2) is 5.53. The van der Waals surface area contributed by atoms with Crippen LogP contribution in [0.1, 0.15) is 21.5 Å². The maximum Gasteiger partial charge on any atom is 0.260 e. The molecular formula is C19H17NO2. The largest absolute Gasteiger partial charge is 0.507 e. The molecule has 0 atom stereocenters. The number of hydrogen-bond donors (Lipinski definition) is 2. The van der Waals surface area contributed by atoms with Crippen molar-refractivity contribution in [2.45, 2.75) is 13.8 Å². The van der Waals surface area contributed by atoms with Crippen molar-refractivity contribution in [1.29, 1.82) is 0 Å². The van der Waals surface area contributed by atoms with Gasteiger partial charge in [-0.15, -0.1) is 0 Å². The van der Waals surface area contributed by atoms with E-state index >= 15 is 0 Å². The number of amides is 1. The molecule has 3 heteroatoms. The molecule has 0 spiro atoms. The second-order valence-electron chi connectivity index (χ2n) is 5.45. The van der Waals surface area contributed by atoms with Gasteiger partial charge in [-0.05, 0) is 42.3 Å². The number of anilines is 1. The summed E-state index contributed by atoms with van der Waals surface area (Å²) in [6.07, 6.45) is 0. The molecule has 3 aromatic carbocycles. The van der Waals surface area contributed by atoms with Crippen molar-refractivity contribution in [3.63, 3.8) is 0 Å². The van der Waals surface area contributed by atoms with Crippen LogP contribution in [-0.2, 0) is 0 Å². The minimum absolute atomic E-state index is 0.0130. The number of aryl methyl sites for hydroxylation is 2. The van der Waals surface area contributed by atoms with E-state index in [1.807, 2.05) is 56.3 Å². The predicted octanol–water partition coefficient (Wildman–Crippen LogP) is 4.41. The highest BCUT2D eigenvalue weighted by Crippen LogP contribution is 2.28. The molecule has 0 unspecified atom stereocenters. The van der Waals surface area contributed by atoms with Crippen LogP contribution in [0.15, 0.2) is 54.6 Å². The highest BCUT2D eigenvalue weighted by Gasteiger charge is 2.16. The Labute approximate surface area is 129 Å². The zero-order valence-electron chi connectivity index (χ0n) is 12.6. The van der Waals surface area contributed by atoms with E-state index < -0.39 is 0 Å². The van der Waals surface area contributed by atoms with Gasteiger partial charge in [-0.1, -0.05) is 48.0 Å². The number of phenols is 1. The number of benzene rings is 3. The van der Waals surface area contributed by atoms with Crippen molar-refractivity contribution in [2.24, 2.45) is 0 Å².